The summed E-state index contributed by atoms with van der Waals surface area (Å²) in [6, 6.07) is 3.23. The number of nitrogen functional groups attached to an aromatic ring is 1. The van der Waals surface area contributed by atoms with Crippen molar-refractivity contribution in [2.24, 2.45) is 0 Å². The highest BCUT2D eigenvalue weighted by Crippen LogP contribution is 2.37. The van der Waals surface area contributed by atoms with Crippen molar-refractivity contribution in [2.75, 3.05) is 32.3 Å². The fraction of sp³-hybridized carbons (Fsp3) is 0.533. The molecule has 1 aromatic carbocycles. The minimum atomic E-state index is -0.179. The second kappa shape index (κ2) is 6.47. The third-order valence-electron chi connectivity index (χ3n) is 3.72. The lowest BCUT2D eigenvalue weighted by Crippen LogP contribution is -2.37. The van der Waals surface area contributed by atoms with Crippen molar-refractivity contribution >= 4 is 23.4 Å². The van der Waals surface area contributed by atoms with Crippen LogP contribution in [0, 0.1) is 0 Å². The highest BCUT2D eigenvalue weighted by atomic mass is 32.2. The molecule has 1 heterocycles. The molecule has 5 nitrogen and oxygen atoms in total. The fourth-order valence-corrected chi connectivity index (χ4v) is 3.67. The molecule has 3 N–H and O–H groups in total. The fourth-order valence-electron chi connectivity index (χ4n) is 2.43. The number of thioether (sulfide) groups is 1. The Morgan fingerprint density at radius 3 is 2.62 bits per heavy atom. The summed E-state index contributed by atoms with van der Waals surface area (Å²) in [7, 11) is 3.07. The van der Waals surface area contributed by atoms with Crippen molar-refractivity contribution in [2.45, 2.75) is 24.5 Å². The van der Waals surface area contributed by atoms with Gasteiger partial charge in [-0.05, 0) is 31.6 Å². The van der Waals surface area contributed by atoms with Gasteiger partial charge in [0.2, 0.25) is 0 Å². The van der Waals surface area contributed by atoms with Crippen LogP contribution in [0.25, 0.3) is 0 Å². The standard InChI is InChI=1S/C15H22N2O3S/c1-15(5-4-6-21-15)9-17-14(18)10-7-12(19-2)13(20-3)8-11(10)16/h7-8H,4-6,9,16H2,1-3H3,(H,17,18). The first kappa shape index (κ1) is 15.8. The van der Waals surface area contributed by atoms with Crippen molar-refractivity contribution < 1.29 is 14.3 Å². The number of hydrogen-bond donors (Lipinski definition) is 2. The number of ether oxygens (including phenoxy) is 2. The summed E-state index contributed by atoms with van der Waals surface area (Å²) in [6.45, 7) is 2.83. The molecule has 1 fully saturated rings. The van der Waals surface area contributed by atoms with Crippen LogP contribution < -0.4 is 20.5 Å². The minimum absolute atomic E-state index is 0.126. The molecule has 116 valence electrons. The number of carbonyl (C=O) groups excluding carboxylic acids is 1. The van der Waals surface area contributed by atoms with Gasteiger partial charge in [-0.25, -0.2) is 0 Å². The number of amides is 1. The average molecular weight is 310 g/mol. The monoisotopic (exact) mass is 310 g/mol. The molecule has 1 atom stereocenters. The largest absolute Gasteiger partial charge is 0.493 e. The number of nitrogens with two attached hydrogens (primary N) is 1. The van der Waals surface area contributed by atoms with E-state index < -0.39 is 0 Å². The first-order valence-corrected chi connectivity index (χ1v) is 7.91. The molecule has 0 aliphatic carbocycles. The quantitative estimate of drug-likeness (QED) is 0.816. The molecule has 1 aromatic rings. The van der Waals surface area contributed by atoms with E-state index in [1.54, 1.807) is 12.1 Å². The summed E-state index contributed by atoms with van der Waals surface area (Å²) < 4.78 is 10.5. The number of hydrogen-bond acceptors (Lipinski definition) is 5. The van der Waals surface area contributed by atoms with Crippen molar-refractivity contribution in [1.82, 2.24) is 5.32 Å². The van der Waals surface area contributed by atoms with Crippen LogP contribution in [0.4, 0.5) is 5.69 Å². The Bertz CT molecular complexity index is 528. The SMILES string of the molecule is COc1cc(N)c(C(=O)NCC2(C)CCCS2)cc1OC. The van der Waals surface area contributed by atoms with Gasteiger partial charge in [-0.15, -0.1) is 0 Å². The zero-order chi connectivity index (χ0) is 15.5. The Morgan fingerprint density at radius 1 is 1.38 bits per heavy atom. The average Bonchev–Trinajstić information content (AvgIpc) is 2.91. The Hall–Kier alpha value is -1.56. The van der Waals surface area contributed by atoms with Crippen LogP contribution >= 0.6 is 11.8 Å². The van der Waals surface area contributed by atoms with Crippen LogP contribution in [0.2, 0.25) is 0 Å². The lowest BCUT2D eigenvalue weighted by molar-refractivity contribution is 0.0950. The smallest absolute Gasteiger partial charge is 0.253 e. The van der Waals surface area contributed by atoms with Crippen LogP contribution in [0.15, 0.2) is 12.1 Å². The van der Waals surface area contributed by atoms with Gasteiger partial charge in [0.05, 0.1) is 19.8 Å². The van der Waals surface area contributed by atoms with Crippen LogP contribution in [0.5, 0.6) is 11.5 Å². The third kappa shape index (κ3) is 3.56. The molecular formula is C15H22N2O3S. The molecule has 21 heavy (non-hydrogen) atoms. The van der Waals surface area contributed by atoms with Gasteiger partial charge in [0.15, 0.2) is 11.5 Å². The zero-order valence-electron chi connectivity index (χ0n) is 12.7. The molecule has 0 radical (unpaired) electrons. The predicted molar refractivity (Wildman–Crippen MR) is 86.4 cm³/mol. The maximum absolute atomic E-state index is 12.3. The van der Waals surface area contributed by atoms with E-state index >= 15 is 0 Å². The first-order valence-electron chi connectivity index (χ1n) is 6.93. The van der Waals surface area contributed by atoms with Crippen LogP contribution in [0.1, 0.15) is 30.1 Å². The Balaban J connectivity index is 2.11. The van der Waals surface area contributed by atoms with Crippen LogP contribution in [0.3, 0.4) is 0 Å². The number of anilines is 1. The van der Waals surface area contributed by atoms with Crippen LogP contribution in [-0.2, 0) is 0 Å². The van der Waals surface area contributed by atoms with Crippen molar-refractivity contribution in [3.63, 3.8) is 0 Å². The van der Waals surface area contributed by atoms with Crippen LogP contribution in [-0.4, -0.2) is 37.2 Å². The van der Waals surface area contributed by atoms with Gasteiger partial charge in [-0.2, -0.15) is 11.8 Å². The minimum Gasteiger partial charge on any atom is -0.493 e. The lowest BCUT2D eigenvalue weighted by Gasteiger charge is -2.23. The van der Waals surface area contributed by atoms with Gasteiger partial charge in [0, 0.05) is 23.0 Å². The van der Waals surface area contributed by atoms with Gasteiger partial charge in [0.25, 0.3) is 5.91 Å². The van der Waals surface area contributed by atoms with Gasteiger partial charge in [-0.3, -0.25) is 4.79 Å². The highest BCUT2D eigenvalue weighted by Gasteiger charge is 2.30. The summed E-state index contributed by atoms with van der Waals surface area (Å²) in [4.78, 5) is 12.3. The summed E-state index contributed by atoms with van der Waals surface area (Å²) in [5.41, 5.74) is 6.74. The number of methoxy groups -OCH3 is 2. The number of rotatable bonds is 5. The van der Waals surface area contributed by atoms with Gasteiger partial charge in [-0.1, -0.05) is 0 Å². The van der Waals surface area contributed by atoms with E-state index in [4.69, 9.17) is 15.2 Å². The molecule has 1 aliphatic heterocycles. The van der Waals surface area contributed by atoms with Gasteiger partial charge < -0.3 is 20.5 Å². The van der Waals surface area contributed by atoms with Gasteiger partial charge in [0.1, 0.15) is 0 Å². The predicted octanol–water partition coefficient (Wildman–Crippen LogP) is 2.30. The van der Waals surface area contributed by atoms with E-state index in [0.717, 1.165) is 12.2 Å². The van der Waals surface area contributed by atoms with E-state index in [1.165, 1.54) is 20.6 Å². The first-order chi connectivity index (χ1) is 9.99. The van der Waals surface area contributed by atoms with Crippen molar-refractivity contribution in [1.29, 1.82) is 0 Å². The summed E-state index contributed by atoms with van der Waals surface area (Å²) in [6.07, 6.45) is 2.33. The number of carbonyl (C=O) groups is 1. The van der Waals surface area contributed by atoms with E-state index in [9.17, 15) is 4.79 Å². The highest BCUT2D eigenvalue weighted by molar-refractivity contribution is 8.00. The van der Waals surface area contributed by atoms with E-state index in [2.05, 4.69) is 12.2 Å². The Kier molecular flexibility index (Phi) is 4.88. The maximum atomic E-state index is 12.3. The van der Waals surface area contributed by atoms with E-state index in [0.29, 0.717) is 29.3 Å². The molecule has 6 heteroatoms. The molecule has 2 rings (SSSR count). The number of nitrogens with one attached hydrogen (secondary N) is 1. The lowest BCUT2D eigenvalue weighted by atomic mass is 10.1. The molecule has 1 saturated heterocycles. The summed E-state index contributed by atoms with van der Waals surface area (Å²) >= 11 is 1.91. The van der Waals surface area contributed by atoms with E-state index in [-0.39, 0.29) is 10.7 Å². The van der Waals surface area contributed by atoms with E-state index in [1.807, 2.05) is 11.8 Å². The van der Waals surface area contributed by atoms with Crippen molar-refractivity contribution in [3.8, 4) is 11.5 Å². The second-order valence-corrected chi connectivity index (χ2v) is 7.06. The Labute approximate surface area is 129 Å². The molecule has 0 saturated carbocycles. The number of benzene rings is 1. The molecule has 0 spiro atoms. The Morgan fingerprint density at radius 2 is 2.05 bits per heavy atom. The summed E-state index contributed by atoms with van der Waals surface area (Å²) in [5.74, 6) is 2.00. The molecule has 0 aromatic heterocycles. The molecule has 1 aliphatic rings. The topological polar surface area (TPSA) is 73.6 Å². The zero-order valence-corrected chi connectivity index (χ0v) is 13.5. The van der Waals surface area contributed by atoms with Crippen molar-refractivity contribution in [3.05, 3.63) is 17.7 Å². The molecule has 1 amide bonds. The third-order valence-corrected chi connectivity index (χ3v) is 5.26. The maximum Gasteiger partial charge on any atom is 0.253 e. The van der Waals surface area contributed by atoms with Gasteiger partial charge >= 0.3 is 0 Å². The molecule has 1 unspecified atom stereocenters. The normalized spacial score (nSPS) is 21.1. The summed E-state index contributed by atoms with van der Waals surface area (Å²) in [5, 5.41) is 2.97. The molecule has 0 bridgehead atoms. The molecular weight excluding hydrogens is 288 g/mol. The second-order valence-electron chi connectivity index (χ2n) is 5.38.